The Morgan fingerprint density at radius 3 is 2.81 bits per heavy atom. The number of thioether (sulfide) groups is 1. The number of hydrazone groups is 1. The second kappa shape index (κ2) is 11.4. The zero-order valence-electron chi connectivity index (χ0n) is 19.8. The highest BCUT2D eigenvalue weighted by Gasteiger charge is 2.23. The molecule has 5 rings (SSSR count). The zero-order chi connectivity index (χ0) is 25.9. The number of fused-ring (bicyclic) bond motifs is 3. The van der Waals surface area contributed by atoms with Gasteiger partial charge in [-0.1, -0.05) is 23.4 Å². The summed E-state index contributed by atoms with van der Waals surface area (Å²) in [6.45, 7) is 0. The third-order valence-corrected chi connectivity index (χ3v) is 8.95. The maximum Gasteiger partial charge on any atom is 0.267 e. The minimum Gasteiger partial charge on any atom is -0.496 e. The number of carbonyl (C=O) groups excluding carboxylic acids is 1. The third kappa shape index (κ3) is 5.62. The molecule has 0 fully saturated rings. The van der Waals surface area contributed by atoms with Crippen LogP contribution in [-0.2, 0) is 17.6 Å². The van der Waals surface area contributed by atoms with Crippen molar-refractivity contribution in [3.63, 3.8) is 0 Å². The van der Waals surface area contributed by atoms with Crippen molar-refractivity contribution in [3.05, 3.63) is 78.3 Å². The minimum atomic E-state index is -0.309. The second-order valence-electron chi connectivity index (χ2n) is 8.38. The predicted molar refractivity (Wildman–Crippen MR) is 154 cm³/mol. The molecule has 0 unspecified atom stereocenters. The van der Waals surface area contributed by atoms with Crippen LogP contribution in [-0.4, -0.2) is 34.5 Å². The van der Waals surface area contributed by atoms with E-state index >= 15 is 0 Å². The molecule has 2 aromatic carbocycles. The number of carbonyl (C=O) groups is 1. The van der Waals surface area contributed by atoms with Crippen molar-refractivity contribution >= 4 is 73.0 Å². The number of thiophene rings is 1. The van der Waals surface area contributed by atoms with Gasteiger partial charge >= 0.3 is 0 Å². The second-order valence-corrected chi connectivity index (χ2v) is 11.7. The number of hydrogen-bond acceptors (Lipinski definition) is 7. The summed E-state index contributed by atoms with van der Waals surface area (Å²) in [7, 11) is 1.59. The van der Waals surface area contributed by atoms with E-state index in [0.29, 0.717) is 27.0 Å². The van der Waals surface area contributed by atoms with Crippen LogP contribution in [0.15, 0.2) is 62.0 Å². The van der Waals surface area contributed by atoms with Crippen LogP contribution >= 0.6 is 50.6 Å². The predicted octanol–water partition coefficient (Wildman–Crippen LogP) is 5.99. The van der Waals surface area contributed by atoms with Crippen LogP contribution in [0.5, 0.6) is 5.75 Å². The number of nitrogens with zero attached hydrogens (tertiary/aromatic N) is 3. The van der Waals surface area contributed by atoms with E-state index in [0.717, 1.165) is 46.1 Å². The largest absolute Gasteiger partial charge is 0.496 e. The zero-order valence-corrected chi connectivity index (χ0v) is 23.8. The molecule has 2 aromatic heterocycles. The number of aryl methyl sites for hydroxylation is 2. The van der Waals surface area contributed by atoms with Gasteiger partial charge < -0.3 is 4.74 Å². The van der Waals surface area contributed by atoms with E-state index < -0.39 is 0 Å². The maximum absolute atomic E-state index is 13.8. The summed E-state index contributed by atoms with van der Waals surface area (Å²) in [5.41, 5.74) is 5.01. The summed E-state index contributed by atoms with van der Waals surface area (Å²) in [5, 5.41) is 5.78. The molecule has 0 aliphatic heterocycles. The van der Waals surface area contributed by atoms with Gasteiger partial charge in [0, 0.05) is 9.90 Å². The van der Waals surface area contributed by atoms with Crippen molar-refractivity contribution in [2.24, 2.45) is 5.10 Å². The number of benzene rings is 2. The molecule has 1 amide bonds. The molecule has 1 aliphatic rings. The molecule has 1 aliphatic carbocycles. The first kappa shape index (κ1) is 26.0. The highest BCUT2D eigenvalue weighted by molar-refractivity contribution is 9.10. The van der Waals surface area contributed by atoms with E-state index in [1.54, 1.807) is 53.5 Å². The standard InChI is InChI=1S/C26H22BrClN4O3S2/c1-35-20-11-6-15(12-19(20)27)13-29-31-22(33)14-36-26-30-24-23(18-4-2-3-5-21(18)37-24)25(34)32(26)17-9-7-16(28)8-10-17/h6-13H,2-5,14H2,1H3,(H,31,33). The number of amides is 1. The molecule has 0 saturated heterocycles. The first-order valence-corrected chi connectivity index (χ1v) is 14.5. The first-order chi connectivity index (χ1) is 17.9. The summed E-state index contributed by atoms with van der Waals surface area (Å²) in [6, 6.07) is 12.5. The monoisotopic (exact) mass is 616 g/mol. The van der Waals surface area contributed by atoms with E-state index in [1.165, 1.54) is 16.6 Å². The average molecular weight is 618 g/mol. The first-order valence-electron chi connectivity index (χ1n) is 11.6. The number of rotatable bonds is 7. The smallest absolute Gasteiger partial charge is 0.267 e. The van der Waals surface area contributed by atoms with Gasteiger partial charge in [0.05, 0.1) is 34.6 Å². The van der Waals surface area contributed by atoms with Gasteiger partial charge in [-0.15, -0.1) is 11.3 Å². The number of halogens is 2. The van der Waals surface area contributed by atoms with Crippen molar-refractivity contribution < 1.29 is 9.53 Å². The fourth-order valence-electron chi connectivity index (χ4n) is 4.21. The molecule has 190 valence electrons. The number of aromatic nitrogens is 2. The lowest BCUT2D eigenvalue weighted by atomic mass is 9.97. The molecule has 0 saturated carbocycles. The van der Waals surface area contributed by atoms with E-state index in [2.05, 4.69) is 26.5 Å². The van der Waals surface area contributed by atoms with Crippen molar-refractivity contribution in [2.75, 3.05) is 12.9 Å². The van der Waals surface area contributed by atoms with E-state index in [4.69, 9.17) is 21.3 Å². The highest BCUT2D eigenvalue weighted by atomic mass is 79.9. The fourth-order valence-corrected chi connectivity index (χ4v) is 7.00. The van der Waals surface area contributed by atoms with Crippen LogP contribution in [0, 0.1) is 0 Å². The Balaban J connectivity index is 1.39. The molecule has 0 atom stereocenters. The number of methoxy groups -OCH3 is 1. The third-order valence-electron chi connectivity index (χ3n) is 5.95. The summed E-state index contributed by atoms with van der Waals surface area (Å²) < 4.78 is 7.59. The molecule has 0 spiro atoms. The lowest BCUT2D eigenvalue weighted by Crippen LogP contribution is -2.24. The Labute approximate surface area is 235 Å². The quantitative estimate of drug-likeness (QED) is 0.119. The summed E-state index contributed by atoms with van der Waals surface area (Å²) in [6.07, 6.45) is 5.62. The van der Waals surface area contributed by atoms with Crippen LogP contribution in [0.4, 0.5) is 0 Å². The van der Waals surface area contributed by atoms with Gasteiger partial charge in [-0.3, -0.25) is 14.2 Å². The highest BCUT2D eigenvalue weighted by Crippen LogP contribution is 2.35. The Morgan fingerprint density at radius 1 is 1.27 bits per heavy atom. The summed E-state index contributed by atoms with van der Waals surface area (Å²) in [5.74, 6) is 0.442. The van der Waals surface area contributed by atoms with Crippen LogP contribution in [0.1, 0.15) is 28.8 Å². The van der Waals surface area contributed by atoms with Gasteiger partial charge in [-0.2, -0.15) is 5.10 Å². The van der Waals surface area contributed by atoms with Crippen molar-refractivity contribution in [1.29, 1.82) is 0 Å². The van der Waals surface area contributed by atoms with Crippen molar-refractivity contribution in [2.45, 2.75) is 30.8 Å². The van der Waals surface area contributed by atoms with Gasteiger partial charge in [0.2, 0.25) is 0 Å². The van der Waals surface area contributed by atoms with Gasteiger partial charge in [0.25, 0.3) is 11.5 Å². The molecular formula is C26H22BrClN4O3S2. The Bertz CT molecular complexity index is 1570. The van der Waals surface area contributed by atoms with E-state index in [9.17, 15) is 9.59 Å². The fraction of sp³-hybridized carbons (Fsp3) is 0.231. The molecule has 0 bridgehead atoms. The van der Waals surface area contributed by atoms with E-state index in [-0.39, 0.29) is 17.2 Å². The van der Waals surface area contributed by atoms with E-state index in [1.807, 2.05) is 18.2 Å². The summed E-state index contributed by atoms with van der Waals surface area (Å²) >= 11 is 12.3. The van der Waals surface area contributed by atoms with Gasteiger partial charge in [0.1, 0.15) is 10.6 Å². The van der Waals surface area contributed by atoms with Gasteiger partial charge in [-0.25, -0.2) is 10.4 Å². The molecule has 7 nitrogen and oxygen atoms in total. The van der Waals surface area contributed by atoms with Gasteiger partial charge in [0.15, 0.2) is 5.16 Å². The number of nitrogens with one attached hydrogen (secondary N) is 1. The lowest BCUT2D eigenvalue weighted by molar-refractivity contribution is -0.118. The SMILES string of the molecule is COc1ccc(C=NNC(=O)CSc2nc3sc4c(c3c(=O)n2-c2ccc(Cl)cc2)CCCC4)cc1Br. The Hall–Kier alpha value is -2.66. The lowest BCUT2D eigenvalue weighted by Gasteiger charge is -2.13. The normalized spacial score (nSPS) is 13.2. The average Bonchev–Trinajstić information content (AvgIpc) is 3.27. The van der Waals surface area contributed by atoms with Crippen LogP contribution < -0.4 is 15.7 Å². The van der Waals surface area contributed by atoms with Crippen molar-refractivity contribution in [1.82, 2.24) is 15.0 Å². The minimum absolute atomic E-state index is 0.0419. The van der Waals surface area contributed by atoms with Crippen molar-refractivity contribution in [3.8, 4) is 11.4 Å². The molecule has 4 aromatic rings. The maximum atomic E-state index is 13.8. The Morgan fingerprint density at radius 2 is 2.05 bits per heavy atom. The number of hydrogen-bond donors (Lipinski definition) is 1. The van der Waals surface area contributed by atoms with Crippen LogP contribution in [0.3, 0.4) is 0 Å². The topological polar surface area (TPSA) is 85.6 Å². The molecular weight excluding hydrogens is 596 g/mol. The molecule has 1 N–H and O–H groups in total. The molecule has 2 heterocycles. The summed E-state index contributed by atoms with van der Waals surface area (Å²) in [4.78, 5) is 33.1. The van der Waals surface area contributed by atoms with Crippen LogP contribution in [0.25, 0.3) is 15.9 Å². The Kier molecular flexibility index (Phi) is 7.99. The molecule has 0 radical (unpaired) electrons. The molecule has 11 heteroatoms. The number of ether oxygens (including phenoxy) is 1. The van der Waals surface area contributed by atoms with Gasteiger partial charge in [-0.05, 0) is 95.2 Å². The van der Waals surface area contributed by atoms with Crippen LogP contribution in [0.2, 0.25) is 5.02 Å². The molecule has 37 heavy (non-hydrogen) atoms.